The lowest BCUT2D eigenvalue weighted by atomic mass is 9.83. The minimum Gasteiger partial charge on any atom is -0.481 e. The fourth-order valence-corrected chi connectivity index (χ4v) is 5.20. The molecule has 1 fully saturated rings. The molecule has 0 spiro atoms. The maximum atomic E-state index is 15.5. The van der Waals surface area contributed by atoms with Gasteiger partial charge in [-0.3, -0.25) is 14.6 Å². The number of benzene rings is 2. The standard InChI is InChI=1S/C28H27ClF2N2O3/c1-16-17(9-10-26(34)35)7-4-8-25(16)33-28(36)27(18-5-2-3-6-18)22-13-23(30)21(12-24(22)31)19-11-20(29)15-32-14-19/h4,7-8,11-15,18,27H,2-3,5-6,9-10H2,1H3,(H,33,36)(H,34,35)/t27-/m1/s1. The number of carbonyl (C=O) groups is 2. The number of hydrogen-bond donors (Lipinski definition) is 2. The highest BCUT2D eigenvalue weighted by Gasteiger charge is 2.35. The van der Waals surface area contributed by atoms with Gasteiger partial charge in [0.2, 0.25) is 5.91 Å². The zero-order valence-corrected chi connectivity index (χ0v) is 20.6. The minimum absolute atomic E-state index is 0.0234. The fraction of sp³-hybridized carbons (Fsp3) is 0.321. The van der Waals surface area contributed by atoms with Crippen LogP contribution in [0.1, 0.15) is 54.7 Å². The van der Waals surface area contributed by atoms with E-state index >= 15 is 8.78 Å². The minimum atomic E-state index is -0.903. The molecule has 2 aromatic carbocycles. The Bertz CT molecular complexity index is 1290. The first-order valence-corrected chi connectivity index (χ1v) is 12.3. The van der Waals surface area contributed by atoms with Gasteiger partial charge in [-0.2, -0.15) is 0 Å². The number of nitrogens with one attached hydrogen (secondary N) is 1. The van der Waals surface area contributed by atoms with Gasteiger partial charge in [0, 0.05) is 41.2 Å². The van der Waals surface area contributed by atoms with E-state index in [0.29, 0.717) is 22.7 Å². The molecule has 1 aromatic heterocycles. The molecule has 0 saturated heterocycles. The van der Waals surface area contributed by atoms with Gasteiger partial charge in [0.25, 0.3) is 0 Å². The molecule has 0 radical (unpaired) electrons. The first-order chi connectivity index (χ1) is 17.2. The predicted octanol–water partition coefficient (Wildman–Crippen LogP) is 6.92. The second-order valence-electron chi connectivity index (χ2n) is 9.24. The summed E-state index contributed by atoms with van der Waals surface area (Å²) in [5, 5.41) is 12.2. The second kappa shape index (κ2) is 11.2. The van der Waals surface area contributed by atoms with Gasteiger partial charge in [-0.05, 0) is 67.5 Å². The van der Waals surface area contributed by atoms with Crippen LogP contribution in [0.5, 0.6) is 0 Å². The lowest BCUT2D eigenvalue weighted by molar-refractivity contribution is -0.137. The van der Waals surface area contributed by atoms with E-state index < -0.39 is 29.4 Å². The zero-order valence-electron chi connectivity index (χ0n) is 19.9. The highest BCUT2D eigenvalue weighted by molar-refractivity contribution is 6.30. The maximum Gasteiger partial charge on any atom is 0.303 e. The van der Waals surface area contributed by atoms with Crippen LogP contribution >= 0.6 is 11.6 Å². The van der Waals surface area contributed by atoms with Crippen molar-refractivity contribution in [1.29, 1.82) is 0 Å². The van der Waals surface area contributed by atoms with Gasteiger partial charge in [-0.15, -0.1) is 0 Å². The number of carbonyl (C=O) groups excluding carboxylic acids is 1. The summed E-state index contributed by atoms with van der Waals surface area (Å²) in [5.41, 5.74) is 2.50. The molecule has 0 unspecified atom stereocenters. The molecule has 4 rings (SSSR count). The summed E-state index contributed by atoms with van der Waals surface area (Å²) in [7, 11) is 0. The number of hydrogen-bond acceptors (Lipinski definition) is 3. The van der Waals surface area contributed by atoms with E-state index in [-0.39, 0.29) is 23.5 Å². The summed E-state index contributed by atoms with van der Waals surface area (Å²) in [6.45, 7) is 1.81. The van der Waals surface area contributed by atoms with Crippen LogP contribution in [0.25, 0.3) is 11.1 Å². The molecule has 1 atom stereocenters. The van der Waals surface area contributed by atoms with Gasteiger partial charge in [0.1, 0.15) is 11.6 Å². The van der Waals surface area contributed by atoms with Crippen LogP contribution in [0.2, 0.25) is 5.02 Å². The highest BCUT2D eigenvalue weighted by Crippen LogP contribution is 2.41. The van der Waals surface area contributed by atoms with Crippen LogP contribution in [0.15, 0.2) is 48.8 Å². The number of halogens is 3. The number of carboxylic acids is 1. The molecular weight excluding hydrogens is 486 g/mol. The van der Waals surface area contributed by atoms with E-state index in [4.69, 9.17) is 16.7 Å². The molecular formula is C28H27ClF2N2O3. The normalized spacial score (nSPS) is 14.6. The quantitative estimate of drug-likeness (QED) is 0.343. The number of nitrogens with zero attached hydrogens (tertiary/aromatic N) is 1. The maximum absolute atomic E-state index is 15.5. The monoisotopic (exact) mass is 512 g/mol. The highest BCUT2D eigenvalue weighted by atomic mass is 35.5. The van der Waals surface area contributed by atoms with Gasteiger partial charge in [-0.1, -0.05) is 36.6 Å². The van der Waals surface area contributed by atoms with Crippen molar-refractivity contribution in [3.63, 3.8) is 0 Å². The summed E-state index contributed by atoms with van der Waals surface area (Å²) >= 11 is 5.97. The molecule has 3 aromatic rings. The Hall–Kier alpha value is -3.32. The largest absolute Gasteiger partial charge is 0.481 e. The third kappa shape index (κ3) is 5.73. The molecule has 1 amide bonds. The summed E-state index contributed by atoms with van der Waals surface area (Å²) in [4.78, 5) is 28.5. The van der Waals surface area contributed by atoms with Gasteiger partial charge >= 0.3 is 5.97 Å². The van der Waals surface area contributed by atoms with E-state index in [2.05, 4.69) is 10.3 Å². The molecule has 1 heterocycles. The summed E-state index contributed by atoms with van der Waals surface area (Å²) in [6.07, 6.45) is 6.46. The number of carboxylic acid groups (broad SMARTS) is 1. The van der Waals surface area contributed by atoms with Crippen molar-refractivity contribution >= 4 is 29.2 Å². The molecule has 0 aliphatic heterocycles. The third-order valence-corrected chi connectivity index (χ3v) is 7.11. The van der Waals surface area contributed by atoms with Crippen molar-refractivity contribution < 1.29 is 23.5 Å². The van der Waals surface area contributed by atoms with Crippen molar-refractivity contribution in [2.45, 2.75) is 51.4 Å². The topological polar surface area (TPSA) is 79.3 Å². The number of anilines is 1. The molecule has 36 heavy (non-hydrogen) atoms. The van der Waals surface area contributed by atoms with Gasteiger partial charge < -0.3 is 10.4 Å². The Morgan fingerprint density at radius 3 is 2.58 bits per heavy atom. The van der Waals surface area contributed by atoms with Crippen LogP contribution in [0, 0.1) is 24.5 Å². The molecule has 188 valence electrons. The second-order valence-corrected chi connectivity index (χ2v) is 9.68. The van der Waals surface area contributed by atoms with Crippen molar-refractivity contribution in [1.82, 2.24) is 4.98 Å². The Kier molecular flexibility index (Phi) is 7.99. The summed E-state index contributed by atoms with van der Waals surface area (Å²) in [6, 6.07) is 9.03. The number of pyridine rings is 1. The predicted molar refractivity (Wildman–Crippen MR) is 135 cm³/mol. The third-order valence-electron chi connectivity index (χ3n) is 6.90. The Labute approximate surface area is 213 Å². The number of aromatic nitrogens is 1. The molecule has 1 aliphatic rings. The molecule has 5 nitrogen and oxygen atoms in total. The number of aliphatic carboxylic acids is 1. The SMILES string of the molecule is Cc1c(CCC(=O)O)cccc1NC(=O)[C@@H](c1cc(F)c(-c2cncc(Cl)c2)cc1F)C1CCCC1. The molecule has 1 saturated carbocycles. The number of amides is 1. The first-order valence-electron chi connectivity index (χ1n) is 12.0. The molecule has 1 aliphatic carbocycles. The van der Waals surface area contributed by atoms with Gasteiger partial charge in [0.05, 0.1) is 10.9 Å². The van der Waals surface area contributed by atoms with Crippen LogP contribution in [0.4, 0.5) is 14.5 Å². The van der Waals surface area contributed by atoms with E-state index in [1.807, 2.05) is 13.0 Å². The lowest BCUT2D eigenvalue weighted by Gasteiger charge is -2.25. The fourth-order valence-electron chi connectivity index (χ4n) is 5.02. The zero-order chi connectivity index (χ0) is 25.8. The van der Waals surface area contributed by atoms with Crippen LogP contribution < -0.4 is 5.32 Å². The van der Waals surface area contributed by atoms with E-state index in [9.17, 15) is 9.59 Å². The average Bonchev–Trinajstić information content (AvgIpc) is 3.36. The van der Waals surface area contributed by atoms with Gasteiger partial charge in [-0.25, -0.2) is 8.78 Å². The van der Waals surface area contributed by atoms with Crippen LogP contribution in [-0.2, 0) is 16.0 Å². The van der Waals surface area contributed by atoms with Crippen molar-refractivity contribution in [3.05, 3.63) is 82.1 Å². The Balaban J connectivity index is 1.67. The van der Waals surface area contributed by atoms with Crippen molar-refractivity contribution in [2.75, 3.05) is 5.32 Å². The molecule has 8 heteroatoms. The van der Waals surface area contributed by atoms with Crippen molar-refractivity contribution in [2.24, 2.45) is 5.92 Å². The summed E-state index contributed by atoms with van der Waals surface area (Å²) in [5.74, 6) is -3.61. The average molecular weight is 513 g/mol. The van der Waals surface area contributed by atoms with Gasteiger partial charge in [0.15, 0.2) is 0 Å². The Morgan fingerprint density at radius 2 is 1.89 bits per heavy atom. The summed E-state index contributed by atoms with van der Waals surface area (Å²) < 4.78 is 30.7. The molecule has 2 N–H and O–H groups in total. The Morgan fingerprint density at radius 1 is 1.14 bits per heavy atom. The van der Waals surface area contributed by atoms with Crippen LogP contribution in [0.3, 0.4) is 0 Å². The number of rotatable bonds is 8. The van der Waals surface area contributed by atoms with E-state index in [1.54, 1.807) is 12.1 Å². The smallest absolute Gasteiger partial charge is 0.303 e. The van der Waals surface area contributed by atoms with Crippen LogP contribution in [-0.4, -0.2) is 22.0 Å². The first kappa shape index (κ1) is 25.8. The van der Waals surface area contributed by atoms with Crippen molar-refractivity contribution in [3.8, 4) is 11.1 Å². The lowest BCUT2D eigenvalue weighted by Crippen LogP contribution is -2.28. The molecule has 0 bridgehead atoms. The van der Waals surface area contributed by atoms with E-state index in [0.717, 1.165) is 48.9 Å². The number of aryl methyl sites for hydroxylation is 1. The van der Waals surface area contributed by atoms with E-state index in [1.165, 1.54) is 18.5 Å².